The molecule has 4 heteroatoms. The lowest BCUT2D eigenvalue weighted by atomic mass is 10.2. The minimum atomic E-state index is 0.616. The maximum absolute atomic E-state index is 4.75. The minimum Gasteiger partial charge on any atom is -0.359 e. The van der Waals surface area contributed by atoms with Crippen molar-refractivity contribution in [2.45, 2.75) is 44.4 Å². The van der Waals surface area contributed by atoms with Crippen LogP contribution < -0.4 is 5.32 Å². The highest BCUT2D eigenvalue weighted by Crippen LogP contribution is 2.34. The summed E-state index contributed by atoms with van der Waals surface area (Å²) in [6.07, 6.45) is 3.92. The van der Waals surface area contributed by atoms with Gasteiger partial charge in [-0.05, 0) is 43.6 Å². The molecule has 2 aromatic rings. The van der Waals surface area contributed by atoms with Gasteiger partial charge in [0.05, 0.1) is 10.2 Å². The molecular weight excluding hydrogens is 272 g/mol. The number of thioether (sulfide) groups is 1. The van der Waals surface area contributed by atoms with Crippen LogP contribution in [0.2, 0.25) is 0 Å². The van der Waals surface area contributed by atoms with Gasteiger partial charge in [-0.3, -0.25) is 0 Å². The van der Waals surface area contributed by atoms with Crippen LogP contribution in [0.3, 0.4) is 0 Å². The number of hydrogen-bond acceptors (Lipinski definition) is 4. The summed E-state index contributed by atoms with van der Waals surface area (Å²) in [5.41, 5.74) is 2.43. The maximum atomic E-state index is 4.75. The fourth-order valence-electron chi connectivity index (χ4n) is 2.78. The molecule has 0 radical (unpaired) electrons. The Morgan fingerprint density at radius 2 is 2.32 bits per heavy atom. The molecule has 0 saturated heterocycles. The van der Waals surface area contributed by atoms with Crippen LogP contribution in [0, 0.1) is 6.92 Å². The van der Waals surface area contributed by atoms with Gasteiger partial charge < -0.3 is 5.32 Å². The summed E-state index contributed by atoms with van der Waals surface area (Å²) in [6, 6.07) is 7.03. The third-order valence-corrected chi connectivity index (χ3v) is 5.92. The van der Waals surface area contributed by atoms with E-state index in [1.54, 1.807) is 11.3 Å². The smallest absolute Gasteiger partial charge is 0.184 e. The Morgan fingerprint density at radius 3 is 3.11 bits per heavy atom. The van der Waals surface area contributed by atoms with E-state index in [1.165, 1.54) is 35.3 Å². The first-order valence-electron chi connectivity index (χ1n) is 7.00. The lowest BCUT2D eigenvalue weighted by Crippen LogP contribution is -2.15. The minimum absolute atomic E-state index is 0.616. The molecule has 0 amide bonds. The van der Waals surface area contributed by atoms with E-state index >= 15 is 0 Å². The monoisotopic (exact) mass is 292 g/mol. The summed E-state index contributed by atoms with van der Waals surface area (Å²) in [7, 11) is 0. The molecule has 1 saturated carbocycles. The number of hydrogen-bond donors (Lipinski definition) is 1. The van der Waals surface area contributed by atoms with Gasteiger partial charge in [-0.1, -0.05) is 30.4 Å². The second-order valence-corrected chi connectivity index (χ2v) is 7.78. The van der Waals surface area contributed by atoms with Gasteiger partial charge in [-0.15, -0.1) is 0 Å². The van der Waals surface area contributed by atoms with Crippen molar-refractivity contribution in [3.8, 4) is 0 Å². The molecule has 1 heterocycles. The van der Waals surface area contributed by atoms with Crippen LogP contribution >= 0.6 is 23.1 Å². The average Bonchev–Trinajstić information content (AvgIpc) is 2.98. The van der Waals surface area contributed by atoms with Gasteiger partial charge in [0.1, 0.15) is 0 Å². The number of rotatable bonds is 4. The van der Waals surface area contributed by atoms with Gasteiger partial charge in [0.2, 0.25) is 0 Å². The van der Waals surface area contributed by atoms with Crippen molar-refractivity contribution >= 4 is 38.4 Å². The Labute approximate surface area is 123 Å². The number of aromatic nitrogens is 1. The molecule has 0 spiro atoms. The number of nitrogens with one attached hydrogen (secondary N) is 1. The predicted octanol–water partition coefficient (Wildman–Crippen LogP) is 4.69. The van der Waals surface area contributed by atoms with Crippen molar-refractivity contribution < 1.29 is 0 Å². The van der Waals surface area contributed by atoms with Gasteiger partial charge in [-0.2, -0.15) is 11.8 Å². The van der Waals surface area contributed by atoms with E-state index in [0.29, 0.717) is 6.04 Å². The number of benzene rings is 1. The summed E-state index contributed by atoms with van der Waals surface area (Å²) in [5, 5.41) is 5.58. The van der Waals surface area contributed by atoms with E-state index in [0.717, 1.165) is 15.9 Å². The normalized spacial score (nSPS) is 23.1. The molecule has 0 aliphatic heterocycles. The number of anilines is 1. The number of fused-ring (bicyclic) bond motifs is 1. The van der Waals surface area contributed by atoms with E-state index < -0.39 is 0 Å². The predicted molar refractivity (Wildman–Crippen MR) is 87.5 cm³/mol. The van der Waals surface area contributed by atoms with Gasteiger partial charge in [0.25, 0.3) is 0 Å². The third-order valence-electron chi connectivity index (χ3n) is 3.74. The first kappa shape index (κ1) is 13.3. The molecule has 1 aliphatic carbocycles. The SMILES string of the molecule is CCSC1CCC(Nc2nc3c(C)cccc3s2)C1. The number of thiazole rings is 1. The number of nitrogens with zero attached hydrogens (tertiary/aromatic N) is 1. The summed E-state index contributed by atoms with van der Waals surface area (Å²) in [6.45, 7) is 4.39. The maximum Gasteiger partial charge on any atom is 0.184 e. The Balaban J connectivity index is 1.70. The Morgan fingerprint density at radius 1 is 1.42 bits per heavy atom. The summed E-state index contributed by atoms with van der Waals surface area (Å²) < 4.78 is 1.29. The van der Waals surface area contributed by atoms with E-state index in [9.17, 15) is 0 Å². The highest BCUT2D eigenvalue weighted by atomic mass is 32.2. The van der Waals surface area contributed by atoms with E-state index in [2.05, 4.69) is 49.1 Å². The lowest BCUT2D eigenvalue weighted by molar-refractivity contribution is 0.756. The van der Waals surface area contributed by atoms with Gasteiger partial charge >= 0.3 is 0 Å². The zero-order valence-corrected chi connectivity index (χ0v) is 13.1. The van der Waals surface area contributed by atoms with E-state index in [-0.39, 0.29) is 0 Å². The fraction of sp³-hybridized carbons (Fsp3) is 0.533. The van der Waals surface area contributed by atoms with Crippen molar-refractivity contribution in [3.63, 3.8) is 0 Å². The molecule has 1 aliphatic rings. The topological polar surface area (TPSA) is 24.9 Å². The lowest BCUT2D eigenvalue weighted by Gasteiger charge is -2.11. The van der Waals surface area contributed by atoms with Gasteiger partial charge in [0.15, 0.2) is 5.13 Å². The van der Waals surface area contributed by atoms with Crippen molar-refractivity contribution in [2.75, 3.05) is 11.1 Å². The average molecular weight is 292 g/mol. The van der Waals surface area contributed by atoms with E-state index in [1.807, 2.05) is 0 Å². The second kappa shape index (κ2) is 5.71. The van der Waals surface area contributed by atoms with Crippen LogP contribution in [0.25, 0.3) is 10.2 Å². The second-order valence-electron chi connectivity index (χ2n) is 5.17. The Bertz CT molecular complexity index is 564. The van der Waals surface area contributed by atoms with Crippen molar-refractivity contribution in [1.82, 2.24) is 4.98 Å². The van der Waals surface area contributed by atoms with Crippen LogP contribution in [0.4, 0.5) is 5.13 Å². The first-order chi connectivity index (χ1) is 9.26. The Hall–Kier alpha value is -0.740. The number of para-hydroxylation sites is 1. The standard InChI is InChI=1S/C15H20N2S2/c1-3-18-12-8-7-11(9-12)16-15-17-14-10(2)5-4-6-13(14)19-15/h4-6,11-12H,3,7-9H2,1-2H3,(H,16,17). The van der Waals surface area contributed by atoms with Gasteiger partial charge in [-0.25, -0.2) is 4.98 Å². The van der Waals surface area contributed by atoms with Crippen molar-refractivity contribution in [1.29, 1.82) is 0 Å². The summed E-state index contributed by atoms with van der Waals surface area (Å²) >= 11 is 3.89. The molecule has 102 valence electrons. The molecule has 1 aromatic heterocycles. The zero-order valence-electron chi connectivity index (χ0n) is 11.5. The molecular formula is C15H20N2S2. The molecule has 1 fully saturated rings. The molecule has 1 aromatic carbocycles. The van der Waals surface area contributed by atoms with Crippen molar-refractivity contribution in [3.05, 3.63) is 23.8 Å². The number of aryl methyl sites for hydroxylation is 1. The molecule has 2 nitrogen and oxygen atoms in total. The van der Waals surface area contributed by atoms with Crippen LogP contribution in [0.1, 0.15) is 31.7 Å². The molecule has 1 N–H and O–H groups in total. The van der Waals surface area contributed by atoms with Crippen LogP contribution in [0.5, 0.6) is 0 Å². The van der Waals surface area contributed by atoms with Gasteiger partial charge in [0, 0.05) is 11.3 Å². The van der Waals surface area contributed by atoms with Crippen molar-refractivity contribution in [2.24, 2.45) is 0 Å². The van der Waals surface area contributed by atoms with Crippen LogP contribution in [-0.2, 0) is 0 Å². The molecule has 2 unspecified atom stereocenters. The Kier molecular flexibility index (Phi) is 3.99. The quantitative estimate of drug-likeness (QED) is 0.885. The van der Waals surface area contributed by atoms with Crippen LogP contribution in [-0.4, -0.2) is 22.0 Å². The highest BCUT2D eigenvalue weighted by molar-refractivity contribution is 7.99. The first-order valence-corrected chi connectivity index (χ1v) is 8.87. The fourth-order valence-corrected chi connectivity index (χ4v) is 4.94. The molecule has 2 atom stereocenters. The largest absolute Gasteiger partial charge is 0.359 e. The van der Waals surface area contributed by atoms with E-state index in [4.69, 9.17) is 4.98 Å². The zero-order chi connectivity index (χ0) is 13.2. The third kappa shape index (κ3) is 2.90. The summed E-state index contributed by atoms with van der Waals surface area (Å²) in [5.74, 6) is 1.23. The summed E-state index contributed by atoms with van der Waals surface area (Å²) in [4.78, 5) is 4.75. The molecule has 19 heavy (non-hydrogen) atoms. The van der Waals surface area contributed by atoms with Crippen LogP contribution in [0.15, 0.2) is 18.2 Å². The molecule has 0 bridgehead atoms. The molecule has 3 rings (SSSR count). The highest BCUT2D eigenvalue weighted by Gasteiger charge is 2.25.